The third kappa shape index (κ3) is 12.2. The van der Waals surface area contributed by atoms with Crippen LogP contribution in [0.4, 0.5) is 0 Å². The molecule has 0 aliphatic rings. The largest absolute Gasteiger partial charge is 0.381 e. The van der Waals surface area contributed by atoms with Crippen molar-refractivity contribution in [3.8, 4) is 0 Å². The molecule has 1 unspecified atom stereocenters. The molecule has 0 aromatic carbocycles. The van der Waals surface area contributed by atoms with Crippen molar-refractivity contribution in [1.29, 1.82) is 0 Å². The minimum atomic E-state index is -1.07. The molecule has 0 radical (unpaired) electrons. The fraction of sp³-hybridized carbons (Fsp3) is 0.867. The van der Waals surface area contributed by atoms with Crippen LogP contribution in [0, 0.1) is 0 Å². The van der Waals surface area contributed by atoms with Gasteiger partial charge in [-0.2, -0.15) is 0 Å². The highest BCUT2D eigenvalue weighted by Gasteiger charge is 2.16. The smallest absolute Gasteiger partial charge is 0.0746 e. The van der Waals surface area contributed by atoms with Crippen LogP contribution < -0.4 is 0 Å². The zero-order chi connectivity index (χ0) is 13.1. The first kappa shape index (κ1) is 16.9. The normalized spacial score (nSPS) is 13.6. The van der Waals surface area contributed by atoms with Crippen molar-refractivity contribution in [2.45, 2.75) is 77.6 Å². The molecule has 17 heavy (non-hydrogen) atoms. The molecular formula is C15H32OSi. The van der Waals surface area contributed by atoms with Gasteiger partial charge in [-0.05, 0) is 12.8 Å². The Morgan fingerprint density at radius 3 is 2.29 bits per heavy atom. The van der Waals surface area contributed by atoms with Crippen LogP contribution in [0.15, 0.2) is 12.7 Å². The van der Waals surface area contributed by atoms with E-state index in [2.05, 4.69) is 33.1 Å². The van der Waals surface area contributed by atoms with Crippen molar-refractivity contribution in [3.63, 3.8) is 0 Å². The summed E-state index contributed by atoms with van der Waals surface area (Å²) in [6.45, 7) is 13.2. The summed E-state index contributed by atoms with van der Waals surface area (Å²) < 4.78 is 6.04. The van der Waals surface area contributed by atoms with Crippen LogP contribution in [0.5, 0.6) is 0 Å². The highest BCUT2D eigenvalue weighted by Crippen LogP contribution is 2.14. The second-order valence-corrected chi connectivity index (χ2v) is 11.6. The van der Waals surface area contributed by atoms with E-state index in [0.29, 0.717) is 6.10 Å². The maximum atomic E-state index is 6.04. The van der Waals surface area contributed by atoms with Crippen LogP contribution in [0.2, 0.25) is 19.6 Å². The van der Waals surface area contributed by atoms with Gasteiger partial charge in [0.15, 0.2) is 0 Å². The third-order valence-electron chi connectivity index (χ3n) is 2.81. The van der Waals surface area contributed by atoms with Gasteiger partial charge < -0.3 is 4.74 Å². The Labute approximate surface area is 110 Å². The van der Waals surface area contributed by atoms with Crippen molar-refractivity contribution in [2.24, 2.45) is 0 Å². The lowest BCUT2D eigenvalue weighted by Gasteiger charge is -2.22. The second kappa shape index (κ2) is 9.90. The molecule has 0 saturated carbocycles. The molecule has 0 rings (SSSR count). The molecule has 0 saturated heterocycles. The van der Waals surface area contributed by atoms with E-state index in [0.717, 1.165) is 12.7 Å². The fourth-order valence-electron chi connectivity index (χ4n) is 1.80. The van der Waals surface area contributed by atoms with Gasteiger partial charge in [-0.1, -0.05) is 64.7 Å². The van der Waals surface area contributed by atoms with Crippen LogP contribution >= 0.6 is 0 Å². The molecule has 0 amide bonds. The fourth-order valence-corrected chi connectivity index (χ4v) is 2.53. The lowest BCUT2D eigenvalue weighted by Crippen LogP contribution is -2.31. The Morgan fingerprint density at radius 2 is 1.76 bits per heavy atom. The molecule has 0 heterocycles. The maximum absolute atomic E-state index is 6.04. The summed E-state index contributed by atoms with van der Waals surface area (Å²) in [5.74, 6) is 0. The van der Waals surface area contributed by atoms with Crippen molar-refractivity contribution in [2.75, 3.05) is 6.23 Å². The minimum Gasteiger partial charge on any atom is -0.381 e. The minimum absolute atomic E-state index is 0.417. The van der Waals surface area contributed by atoms with E-state index in [9.17, 15) is 0 Å². The van der Waals surface area contributed by atoms with Crippen LogP contribution in [0.25, 0.3) is 0 Å². The lowest BCUT2D eigenvalue weighted by atomic mass is 10.1. The summed E-state index contributed by atoms with van der Waals surface area (Å²) in [7, 11) is -1.07. The molecular weight excluding hydrogens is 224 g/mol. The van der Waals surface area contributed by atoms with Gasteiger partial charge in [0, 0.05) is 6.23 Å². The molecule has 0 aromatic rings. The van der Waals surface area contributed by atoms with Gasteiger partial charge in [-0.15, -0.1) is 6.58 Å². The predicted molar refractivity (Wildman–Crippen MR) is 81.3 cm³/mol. The van der Waals surface area contributed by atoms with E-state index in [-0.39, 0.29) is 0 Å². The van der Waals surface area contributed by atoms with Gasteiger partial charge in [0.25, 0.3) is 0 Å². The SMILES string of the molecule is C=CCC(CCCCCCC)OC[Si](C)(C)C. The van der Waals surface area contributed by atoms with Crippen LogP contribution in [-0.2, 0) is 4.74 Å². The van der Waals surface area contributed by atoms with E-state index in [4.69, 9.17) is 4.74 Å². The first-order valence-electron chi connectivity index (χ1n) is 7.22. The Bertz CT molecular complexity index is 184. The van der Waals surface area contributed by atoms with Crippen LogP contribution in [0.1, 0.15) is 51.9 Å². The average Bonchev–Trinajstić information content (AvgIpc) is 2.24. The first-order chi connectivity index (χ1) is 7.99. The highest BCUT2D eigenvalue weighted by molar-refractivity contribution is 6.76. The van der Waals surface area contributed by atoms with Gasteiger partial charge >= 0.3 is 0 Å². The summed E-state index contributed by atoms with van der Waals surface area (Å²) in [5, 5.41) is 0. The van der Waals surface area contributed by atoms with Gasteiger partial charge in [0.05, 0.1) is 14.2 Å². The Kier molecular flexibility index (Phi) is 9.85. The van der Waals surface area contributed by atoms with E-state index in [1.165, 1.54) is 38.5 Å². The lowest BCUT2D eigenvalue weighted by molar-refractivity contribution is 0.0761. The molecule has 1 atom stereocenters. The van der Waals surface area contributed by atoms with Gasteiger partial charge in [-0.25, -0.2) is 0 Å². The van der Waals surface area contributed by atoms with Gasteiger partial charge in [0.1, 0.15) is 0 Å². The molecule has 0 aliphatic carbocycles. The van der Waals surface area contributed by atoms with Crippen molar-refractivity contribution < 1.29 is 4.74 Å². The summed E-state index contributed by atoms with van der Waals surface area (Å²) >= 11 is 0. The molecule has 0 spiro atoms. The van der Waals surface area contributed by atoms with Crippen molar-refractivity contribution >= 4 is 8.07 Å². The Morgan fingerprint density at radius 1 is 1.12 bits per heavy atom. The molecule has 0 bridgehead atoms. The van der Waals surface area contributed by atoms with Gasteiger partial charge in [0.2, 0.25) is 0 Å². The second-order valence-electron chi connectivity index (χ2n) is 6.22. The quantitative estimate of drug-likeness (QED) is 0.281. The summed E-state index contributed by atoms with van der Waals surface area (Å²) in [5.41, 5.74) is 0. The third-order valence-corrected chi connectivity index (χ3v) is 3.84. The van der Waals surface area contributed by atoms with Gasteiger partial charge in [-0.3, -0.25) is 0 Å². The predicted octanol–water partition coefficient (Wildman–Crippen LogP) is 5.19. The standard InChI is InChI=1S/C15H32OSi/c1-6-8-9-10-11-13-15(12-7-2)16-14-17(3,4)5/h7,15H,2,6,8-14H2,1,3-5H3. The Balaban J connectivity index is 3.70. The Hall–Kier alpha value is -0.0831. The summed E-state index contributed by atoms with van der Waals surface area (Å²) in [6.07, 6.45) is 12.4. The average molecular weight is 257 g/mol. The first-order valence-corrected chi connectivity index (χ1v) is 10.9. The van der Waals surface area contributed by atoms with E-state index in [1.807, 2.05) is 6.08 Å². The zero-order valence-corrected chi connectivity index (χ0v) is 13.4. The molecule has 2 heteroatoms. The highest BCUT2D eigenvalue weighted by atomic mass is 28.3. The number of rotatable bonds is 11. The van der Waals surface area contributed by atoms with Crippen molar-refractivity contribution in [1.82, 2.24) is 0 Å². The molecule has 0 aromatic heterocycles. The summed E-state index contributed by atoms with van der Waals surface area (Å²) in [6, 6.07) is 0. The zero-order valence-electron chi connectivity index (χ0n) is 12.4. The maximum Gasteiger partial charge on any atom is 0.0746 e. The number of hydrogen-bond donors (Lipinski definition) is 0. The molecule has 0 aliphatic heterocycles. The number of unbranched alkanes of at least 4 members (excludes halogenated alkanes) is 4. The topological polar surface area (TPSA) is 9.23 Å². The molecule has 0 N–H and O–H groups in total. The summed E-state index contributed by atoms with van der Waals surface area (Å²) in [4.78, 5) is 0. The number of ether oxygens (including phenoxy) is 1. The van der Waals surface area contributed by atoms with E-state index < -0.39 is 8.07 Å². The van der Waals surface area contributed by atoms with E-state index in [1.54, 1.807) is 0 Å². The van der Waals surface area contributed by atoms with E-state index >= 15 is 0 Å². The molecule has 0 fully saturated rings. The van der Waals surface area contributed by atoms with Crippen LogP contribution in [-0.4, -0.2) is 20.4 Å². The molecule has 1 nitrogen and oxygen atoms in total. The molecule has 102 valence electrons. The van der Waals surface area contributed by atoms with Crippen LogP contribution in [0.3, 0.4) is 0 Å². The number of hydrogen-bond acceptors (Lipinski definition) is 1. The monoisotopic (exact) mass is 256 g/mol. The van der Waals surface area contributed by atoms with Crippen molar-refractivity contribution in [3.05, 3.63) is 12.7 Å².